The van der Waals surface area contributed by atoms with E-state index in [1.54, 1.807) is 27.7 Å². The van der Waals surface area contributed by atoms with Crippen LogP contribution in [0, 0.1) is 84.2 Å². The molecule has 0 aromatic heterocycles. The maximum atomic E-state index is 12.4. The van der Waals surface area contributed by atoms with E-state index >= 15 is 0 Å². The van der Waals surface area contributed by atoms with Crippen LogP contribution in [0.3, 0.4) is 0 Å². The Hall–Kier alpha value is -4.20. The Morgan fingerprint density at radius 1 is 0.394 bits per heavy atom. The molecule has 104 heavy (non-hydrogen) atoms. The van der Waals surface area contributed by atoms with Gasteiger partial charge in [0.15, 0.2) is 13.2 Å². The quantitative estimate of drug-likeness (QED) is 0.0478. The number of esters is 7. The number of fused-ring (bicyclic) bond motifs is 5. The molecule has 5 saturated carbocycles. The number of hydrogen-bond donors (Lipinski definition) is 0. The second-order valence-electron chi connectivity index (χ2n) is 37.0. The maximum absolute atomic E-state index is 12.4. The number of carbonyl (C=O) groups excluding carboxylic acids is 7. The van der Waals surface area contributed by atoms with Gasteiger partial charge in [-0.15, -0.1) is 0 Å². The lowest BCUT2D eigenvalue weighted by Gasteiger charge is -2.44. The summed E-state index contributed by atoms with van der Waals surface area (Å²) in [5, 5.41) is 0. The van der Waals surface area contributed by atoms with Crippen LogP contribution >= 0.6 is 0 Å². The van der Waals surface area contributed by atoms with Gasteiger partial charge in [-0.25, -0.2) is 8.78 Å². The molecule has 0 spiro atoms. The fourth-order valence-electron chi connectivity index (χ4n) is 12.5. The van der Waals surface area contributed by atoms with Crippen LogP contribution in [0.15, 0.2) is 0 Å². The molecule has 21 heteroatoms. The minimum absolute atomic E-state index is 0.00618. The number of hydrogen-bond acceptors (Lipinski definition) is 14. The zero-order valence-corrected chi connectivity index (χ0v) is 70.8. The van der Waals surface area contributed by atoms with Gasteiger partial charge in [-0.05, 0) is 273 Å². The van der Waals surface area contributed by atoms with Gasteiger partial charge in [-0.3, -0.25) is 33.6 Å². The van der Waals surface area contributed by atoms with Gasteiger partial charge in [0.05, 0.1) is 44.0 Å². The van der Waals surface area contributed by atoms with Crippen molar-refractivity contribution in [3.05, 3.63) is 0 Å². The van der Waals surface area contributed by atoms with E-state index in [0.717, 1.165) is 82.0 Å². The number of carbonyl (C=O) groups is 7. The normalized spacial score (nSPS) is 20.5. The summed E-state index contributed by atoms with van der Waals surface area (Å²) in [6.07, 6.45) is 13.0. The SMILES string of the molecule is CCC(C)(C)C(=O)OC(C(C)C)C(C)C.CCC(C)(C)C(=O)OC(C)C.CCC(C)(C)C(=O)OC1CC(C)(C)CC(C)(C)C1.CCC(C)(C)C(=O)OC1CC2CC1C1CCCC21.CCC(C)(C)C(=O)OC1CCCCC1.CCC(C)(C)C(=O)OCC(F)(F)C(F)F.CCC(C)(C)C(=O)OCC(F)(F)F. The smallest absolute Gasteiger partial charge is 0.422 e. The van der Waals surface area contributed by atoms with Gasteiger partial charge in [0, 0.05) is 0 Å². The highest BCUT2D eigenvalue weighted by Crippen LogP contribution is 2.60. The highest BCUT2D eigenvalue weighted by Gasteiger charge is 2.56. The first-order valence-corrected chi connectivity index (χ1v) is 39.1. The number of rotatable bonds is 25. The molecule has 0 saturated heterocycles. The molecule has 5 aliphatic rings. The third-order valence-corrected chi connectivity index (χ3v) is 22.3. The lowest BCUT2D eigenvalue weighted by atomic mass is 9.64. The Bertz CT molecular complexity index is 2550. The summed E-state index contributed by atoms with van der Waals surface area (Å²) >= 11 is 0. The second-order valence-corrected chi connectivity index (χ2v) is 37.0. The molecule has 5 unspecified atom stereocenters. The van der Waals surface area contributed by atoms with Gasteiger partial charge in [0.2, 0.25) is 0 Å². The van der Waals surface area contributed by atoms with Gasteiger partial charge in [0.25, 0.3) is 0 Å². The summed E-state index contributed by atoms with van der Waals surface area (Å²) in [4.78, 5) is 81.5. The first kappa shape index (κ1) is 102. The zero-order chi connectivity index (χ0) is 82.0. The molecule has 0 aliphatic heterocycles. The average Bonchev–Trinajstić information content (AvgIpc) is 1.59. The van der Waals surface area contributed by atoms with E-state index < -0.39 is 54.5 Å². The molecule has 0 N–H and O–H groups in total. The van der Waals surface area contributed by atoms with Crippen LogP contribution in [0.4, 0.5) is 30.7 Å². The van der Waals surface area contributed by atoms with Crippen LogP contribution in [-0.2, 0) is 66.7 Å². The van der Waals surface area contributed by atoms with Crippen molar-refractivity contribution in [3.8, 4) is 0 Å². The van der Waals surface area contributed by atoms with E-state index in [9.17, 15) is 64.3 Å². The Morgan fingerprint density at radius 3 is 1.09 bits per heavy atom. The van der Waals surface area contributed by atoms with Crippen LogP contribution in [0.1, 0.15) is 343 Å². The van der Waals surface area contributed by atoms with Crippen LogP contribution in [0.25, 0.3) is 0 Å². The van der Waals surface area contributed by atoms with Gasteiger partial charge >= 0.3 is 60.3 Å². The van der Waals surface area contributed by atoms with Crippen molar-refractivity contribution in [2.45, 2.75) is 392 Å². The molecule has 0 amide bonds. The van der Waals surface area contributed by atoms with E-state index in [1.807, 2.05) is 111 Å². The minimum Gasteiger partial charge on any atom is -0.463 e. The Labute approximate surface area is 626 Å². The number of alkyl halides is 7. The Kier molecular flexibility index (Phi) is 42.4. The molecule has 14 nitrogen and oxygen atoms in total. The van der Waals surface area contributed by atoms with E-state index in [0.29, 0.717) is 30.6 Å². The van der Waals surface area contributed by atoms with Crippen molar-refractivity contribution in [1.29, 1.82) is 0 Å². The van der Waals surface area contributed by atoms with Crippen molar-refractivity contribution in [2.75, 3.05) is 13.2 Å². The third kappa shape index (κ3) is 36.3. The molecule has 0 aromatic rings. The van der Waals surface area contributed by atoms with Gasteiger partial charge in [-0.2, -0.15) is 22.0 Å². The average molecular weight is 1500 g/mol. The van der Waals surface area contributed by atoms with E-state index in [1.165, 1.54) is 65.2 Å². The van der Waals surface area contributed by atoms with Gasteiger partial charge < -0.3 is 33.2 Å². The Balaban J connectivity index is 0. The van der Waals surface area contributed by atoms with Crippen molar-refractivity contribution in [1.82, 2.24) is 0 Å². The van der Waals surface area contributed by atoms with Crippen LogP contribution in [-0.4, -0.2) is 104 Å². The number of halogens is 7. The first-order chi connectivity index (χ1) is 47.0. The largest absolute Gasteiger partial charge is 0.463 e. The predicted molar refractivity (Wildman–Crippen MR) is 399 cm³/mol. The van der Waals surface area contributed by atoms with Crippen molar-refractivity contribution in [3.63, 3.8) is 0 Å². The first-order valence-electron chi connectivity index (χ1n) is 39.1. The zero-order valence-electron chi connectivity index (χ0n) is 70.8. The monoisotopic (exact) mass is 1500 g/mol. The number of ether oxygens (including phenoxy) is 7. The van der Waals surface area contributed by atoms with Crippen molar-refractivity contribution >= 4 is 41.8 Å². The van der Waals surface area contributed by atoms with Crippen molar-refractivity contribution in [2.24, 2.45) is 84.2 Å². The lowest BCUT2D eigenvalue weighted by molar-refractivity contribution is -0.192. The molecule has 5 rings (SSSR count). The summed E-state index contributed by atoms with van der Waals surface area (Å²) in [6, 6.07) is 0. The molecule has 0 aromatic carbocycles. The van der Waals surface area contributed by atoms with Gasteiger partial charge in [-0.1, -0.05) is 117 Å². The molecule has 5 fully saturated rings. The molecule has 0 radical (unpaired) electrons. The second kappa shape index (κ2) is 43.3. The summed E-state index contributed by atoms with van der Waals surface area (Å²) in [6.45, 7) is 57.3. The van der Waals surface area contributed by atoms with Crippen LogP contribution < -0.4 is 0 Å². The Morgan fingerprint density at radius 2 is 0.731 bits per heavy atom. The fourth-order valence-corrected chi connectivity index (χ4v) is 12.5. The highest BCUT2D eigenvalue weighted by molar-refractivity contribution is 5.78. The van der Waals surface area contributed by atoms with E-state index in [-0.39, 0.29) is 98.3 Å². The molecular formula is C83H149F7O14. The topological polar surface area (TPSA) is 184 Å². The molecule has 5 atom stereocenters. The third-order valence-electron chi connectivity index (χ3n) is 22.3. The fraction of sp³-hybridized carbons (Fsp3) is 0.916. The molecular weight excluding hydrogens is 1350 g/mol. The van der Waals surface area contributed by atoms with Crippen molar-refractivity contribution < 1.29 is 97.5 Å². The maximum Gasteiger partial charge on any atom is 0.422 e. The minimum atomic E-state index is -4.44. The van der Waals surface area contributed by atoms with E-state index in [4.69, 9.17) is 23.7 Å². The summed E-state index contributed by atoms with van der Waals surface area (Å²) < 4.78 is 119. The van der Waals surface area contributed by atoms with E-state index in [2.05, 4.69) is 71.8 Å². The van der Waals surface area contributed by atoms with Crippen LogP contribution in [0.5, 0.6) is 0 Å². The molecule has 0 heterocycles. The predicted octanol–water partition coefficient (Wildman–Crippen LogP) is 23.1. The lowest BCUT2D eigenvalue weighted by Crippen LogP contribution is -2.40. The summed E-state index contributed by atoms with van der Waals surface area (Å²) in [5.74, 6) is -2.03. The molecule has 614 valence electrons. The molecule has 2 bridgehead atoms. The summed E-state index contributed by atoms with van der Waals surface area (Å²) in [7, 11) is 0. The summed E-state index contributed by atoms with van der Waals surface area (Å²) in [5.41, 5.74) is -2.90. The van der Waals surface area contributed by atoms with Gasteiger partial charge in [0.1, 0.15) is 24.4 Å². The van der Waals surface area contributed by atoms with Crippen LogP contribution in [0.2, 0.25) is 0 Å². The highest BCUT2D eigenvalue weighted by atomic mass is 19.4. The standard InChI is InChI=1S/C16H26O2.C16H30O2.C13H26O2.C12H22O2.C9H14F4O2.C9H18O2.C8H13F3O2/c1-4-16(2,3)15(17)18-14-9-10-8-13(14)12-7-5-6-11(10)12;1-8-16(6,7)13(17)18-12-9-14(2,3)11-15(4,5)10-12;1-8-13(6,7)12(14)15-11(9(2)3)10(4)5;1-4-12(2,3)11(13)14-10-8-6-5-7-9-10;1-4-8(2,3)7(14)15-5-9(12,13)6(10)11;1-6-9(4,5)8(10)11-7(2)3;1-4-7(2,3)6(12)13-5-8(9,10)11/h10-14H,4-9H2,1-3H3;12H,8-11H2,1-7H3;9-11H,8H2,1-7H3;10H,4-9H2,1-3H3;6H,4-5H2,1-3H3;7H,6H2,1-5H3;4-5H2,1-3H3. The molecule has 5 aliphatic carbocycles.